The van der Waals surface area contributed by atoms with Crippen LogP contribution in [-0.2, 0) is 9.53 Å². The molecule has 1 aliphatic heterocycles. The molecule has 1 atom stereocenters. The van der Waals surface area contributed by atoms with Gasteiger partial charge in [0, 0.05) is 6.08 Å². The average molecular weight is 156 g/mol. The zero-order valence-corrected chi connectivity index (χ0v) is 5.94. The first kappa shape index (κ1) is 7.81. The lowest BCUT2D eigenvalue weighted by molar-refractivity contribution is -0.189. The van der Waals surface area contributed by atoms with E-state index in [9.17, 15) is 4.79 Å². The quantitative estimate of drug-likeness (QED) is 0.571. The van der Waals surface area contributed by atoms with Gasteiger partial charge in [0.2, 0.25) is 0 Å². The van der Waals surface area contributed by atoms with Crippen LogP contribution in [-0.4, -0.2) is 22.0 Å². The van der Waals surface area contributed by atoms with Gasteiger partial charge in [0.25, 0.3) is 0 Å². The number of rotatable bonds is 1. The molecule has 1 unspecified atom stereocenters. The van der Waals surface area contributed by atoms with E-state index in [2.05, 4.69) is 4.74 Å². The normalized spacial score (nSPS) is 29.1. The minimum Gasteiger partial charge on any atom is -0.476 e. The molecule has 1 rings (SSSR count). The van der Waals surface area contributed by atoms with Gasteiger partial charge in [0.15, 0.2) is 0 Å². The summed E-state index contributed by atoms with van der Waals surface area (Å²) in [6.07, 6.45) is 3.86. The Bertz CT molecular complexity index is 241. The Hall–Kier alpha value is -1.29. The molecule has 2 N–H and O–H groups in total. The fraction of sp³-hybridized carbons (Fsp3) is 0.286. The largest absolute Gasteiger partial charge is 0.476 e. The van der Waals surface area contributed by atoms with Gasteiger partial charge in [0.1, 0.15) is 0 Å². The van der Waals surface area contributed by atoms with E-state index in [0.29, 0.717) is 5.57 Å². The molecule has 0 saturated carbocycles. The average Bonchev–Trinajstić information content (AvgIpc) is 1.86. The van der Waals surface area contributed by atoms with Gasteiger partial charge < -0.3 is 14.9 Å². The third kappa shape index (κ3) is 1.40. The van der Waals surface area contributed by atoms with Crippen LogP contribution in [0.2, 0.25) is 0 Å². The van der Waals surface area contributed by atoms with Crippen molar-refractivity contribution >= 4 is 5.97 Å². The molecule has 0 aromatic carbocycles. The fourth-order valence-electron chi connectivity index (χ4n) is 0.748. The number of carbonyl (C=O) groups is 1. The van der Waals surface area contributed by atoms with Crippen molar-refractivity contribution in [2.45, 2.75) is 12.7 Å². The maximum atomic E-state index is 10.4. The zero-order valence-electron chi connectivity index (χ0n) is 5.94. The van der Waals surface area contributed by atoms with Gasteiger partial charge in [-0.3, -0.25) is 0 Å². The molecular weight excluding hydrogens is 148 g/mol. The molecule has 0 aliphatic carbocycles. The smallest absolute Gasteiger partial charge is 0.381 e. The van der Waals surface area contributed by atoms with Crippen LogP contribution in [0.3, 0.4) is 0 Å². The van der Waals surface area contributed by atoms with Crippen molar-refractivity contribution in [3.63, 3.8) is 0 Å². The Kier molecular flexibility index (Phi) is 1.70. The molecule has 0 bridgehead atoms. The maximum absolute atomic E-state index is 10.4. The highest BCUT2D eigenvalue weighted by atomic mass is 16.6. The molecule has 60 valence electrons. The number of hydrogen-bond donors (Lipinski definition) is 2. The molecule has 11 heavy (non-hydrogen) atoms. The van der Waals surface area contributed by atoms with Crippen LogP contribution >= 0.6 is 0 Å². The molecule has 0 fully saturated rings. The Labute approximate surface area is 63.4 Å². The number of carboxylic acid groups (broad SMARTS) is 1. The highest BCUT2D eigenvalue weighted by Gasteiger charge is 2.36. The van der Waals surface area contributed by atoms with Crippen molar-refractivity contribution in [3.05, 3.63) is 24.0 Å². The second-order valence-electron chi connectivity index (χ2n) is 2.31. The minimum absolute atomic E-state index is 0.654. The Morgan fingerprint density at radius 3 is 2.73 bits per heavy atom. The van der Waals surface area contributed by atoms with Crippen molar-refractivity contribution in [1.82, 2.24) is 0 Å². The van der Waals surface area contributed by atoms with Gasteiger partial charge in [-0.2, -0.15) is 0 Å². The van der Waals surface area contributed by atoms with Crippen molar-refractivity contribution in [1.29, 1.82) is 0 Å². The number of carboxylic acids is 1. The first-order valence-electron chi connectivity index (χ1n) is 3.04. The fourth-order valence-corrected chi connectivity index (χ4v) is 0.748. The van der Waals surface area contributed by atoms with E-state index in [1.54, 1.807) is 13.0 Å². The van der Waals surface area contributed by atoms with Crippen LogP contribution in [0.15, 0.2) is 24.0 Å². The highest BCUT2D eigenvalue weighted by molar-refractivity contribution is 5.78. The van der Waals surface area contributed by atoms with Crippen molar-refractivity contribution < 1.29 is 19.7 Å². The van der Waals surface area contributed by atoms with E-state index in [-0.39, 0.29) is 0 Å². The first-order valence-corrected chi connectivity index (χ1v) is 3.04. The lowest BCUT2D eigenvalue weighted by Gasteiger charge is -2.21. The van der Waals surface area contributed by atoms with Gasteiger partial charge in [-0.05, 0) is 18.6 Å². The van der Waals surface area contributed by atoms with Crippen molar-refractivity contribution in [3.8, 4) is 0 Å². The van der Waals surface area contributed by atoms with Crippen molar-refractivity contribution in [2.24, 2.45) is 0 Å². The second-order valence-corrected chi connectivity index (χ2v) is 2.31. The van der Waals surface area contributed by atoms with Gasteiger partial charge in [-0.1, -0.05) is 0 Å². The van der Waals surface area contributed by atoms with Crippen LogP contribution in [0.5, 0.6) is 0 Å². The first-order chi connectivity index (χ1) is 5.04. The predicted molar refractivity (Wildman–Crippen MR) is 36.6 cm³/mol. The molecule has 1 aliphatic rings. The topological polar surface area (TPSA) is 66.8 Å². The van der Waals surface area contributed by atoms with Crippen LogP contribution in [0.4, 0.5) is 0 Å². The predicted octanol–water partition coefficient (Wildman–Crippen LogP) is 0.250. The molecule has 0 aromatic heterocycles. The van der Waals surface area contributed by atoms with E-state index < -0.39 is 11.8 Å². The summed E-state index contributed by atoms with van der Waals surface area (Å²) in [5.74, 6) is -3.60. The van der Waals surface area contributed by atoms with E-state index in [0.717, 1.165) is 12.3 Å². The molecule has 0 amide bonds. The molecule has 1 heterocycles. The number of hydrogen-bond acceptors (Lipinski definition) is 3. The van der Waals surface area contributed by atoms with E-state index >= 15 is 0 Å². The van der Waals surface area contributed by atoms with Gasteiger partial charge >= 0.3 is 11.8 Å². The summed E-state index contributed by atoms with van der Waals surface area (Å²) in [5, 5.41) is 17.6. The summed E-state index contributed by atoms with van der Waals surface area (Å²) in [4.78, 5) is 10.4. The monoisotopic (exact) mass is 156 g/mol. The van der Waals surface area contributed by atoms with Crippen molar-refractivity contribution in [2.75, 3.05) is 0 Å². The third-order valence-electron chi connectivity index (χ3n) is 1.31. The molecule has 4 heteroatoms. The van der Waals surface area contributed by atoms with Crippen LogP contribution in [0.25, 0.3) is 0 Å². The number of allylic oxidation sites excluding steroid dienone is 2. The summed E-state index contributed by atoms with van der Waals surface area (Å²) in [6.45, 7) is 1.67. The Balaban J connectivity index is 2.92. The SMILES string of the molecule is CC1=CC(O)(C(=O)O)OC=C1. The van der Waals surface area contributed by atoms with E-state index in [1.165, 1.54) is 0 Å². The molecule has 4 nitrogen and oxygen atoms in total. The summed E-state index contributed by atoms with van der Waals surface area (Å²) in [6, 6.07) is 0. The lowest BCUT2D eigenvalue weighted by atomic mass is 10.1. The summed E-state index contributed by atoms with van der Waals surface area (Å²) in [5.41, 5.74) is 0.654. The number of ether oxygens (including phenoxy) is 1. The van der Waals surface area contributed by atoms with Gasteiger partial charge in [-0.25, -0.2) is 4.79 Å². The number of aliphatic hydroxyl groups is 1. The lowest BCUT2D eigenvalue weighted by Crippen LogP contribution is -2.39. The standard InChI is InChI=1S/C7H8O4/c1-5-2-3-11-7(10,4-5)6(8)9/h2-4,10H,1H3,(H,8,9). The third-order valence-corrected chi connectivity index (χ3v) is 1.31. The molecule has 0 radical (unpaired) electrons. The zero-order chi connectivity index (χ0) is 8.48. The Morgan fingerprint density at radius 2 is 2.36 bits per heavy atom. The van der Waals surface area contributed by atoms with E-state index in [1.807, 2.05) is 0 Å². The van der Waals surface area contributed by atoms with Crippen LogP contribution in [0, 0.1) is 0 Å². The molecule has 0 saturated heterocycles. The van der Waals surface area contributed by atoms with Gasteiger partial charge in [0.05, 0.1) is 6.26 Å². The summed E-state index contributed by atoms with van der Waals surface area (Å²) >= 11 is 0. The molecular formula is C7H8O4. The van der Waals surface area contributed by atoms with Crippen LogP contribution < -0.4 is 0 Å². The van der Waals surface area contributed by atoms with E-state index in [4.69, 9.17) is 10.2 Å². The molecule has 0 aromatic rings. The number of aliphatic carboxylic acids is 1. The second kappa shape index (κ2) is 2.39. The molecule has 0 spiro atoms. The van der Waals surface area contributed by atoms with Crippen LogP contribution in [0.1, 0.15) is 6.92 Å². The maximum Gasteiger partial charge on any atom is 0.381 e. The summed E-state index contributed by atoms with van der Waals surface area (Å²) in [7, 11) is 0. The Morgan fingerprint density at radius 1 is 1.73 bits per heavy atom. The minimum atomic E-state index is -2.18. The summed E-state index contributed by atoms with van der Waals surface area (Å²) < 4.78 is 4.50. The van der Waals surface area contributed by atoms with Gasteiger partial charge in [-0.15, -0.1) is 0 Å². The highest BCUT2D eigenvalue weighted by Crippen LogP contribution is 2.17.